The first-order chi connectivity index (χ1) is 12.2. The summed E-state index contributed by atoms with van der Waals surface area (Å²) in [6.45, 7) is 1.81. The van der Waals surface area contributed by atoms with E-state index in [0.29, 0.717) is 24.0 Å². The van der Waals surface area contributed by atoms with Gasteiger partial charge in [-0.3, -0.25) is 4.79 Å². The Kier molecular flexibility index (Phi) is 4.65. The second kappa shape index (κ2) is 6.63. The van der Waals surface area contributed by atoms with Gasteiger partial charge in [-0.1, -0.05) is 30.3 Å². The number of carbonyl (C=O) groups is 1. The number of Topliss-reactive ketones (excluding diaryl/α,β-unsaturated/α-hetero) is 1. The van der Waals surface area contributed by atoms with E-state index in [1.165, 1.54) is 12.1 Å². The lowest BCUT2D eigenvalue weighted by Crippen LogP contribution is -2.28. The Bertz CT molecular complexity index is 825. The van der Waals surface area contributed by atoms with E-state index in [1.54, 1.807) is 6.92 Å². The fourth-order valence-electron chi connectivity index (χ4n) is 3.36. The summed E-state index contributed by atoms with van der Waals surface area (Å²) in [5.41, 5.74) is 0.804. The number of benzene rings is 2. The molecular formula is C21H20F3NO. The Hall–Kier alpha value is -2.56. The fraction of sp³-hybridized carbons (Fsp3) is 0.286. The van der Waals surface area contributed by atoms with E-state index >= 15 is 0 Å². The number of hydrogen-bond acceptors (Lipinski definition) is 2. The lowest BCUT2D eigenvalue weighted by molar-refractivity contribution is -0.137. The molecule has 0 saturated heterocycles. The highest BCUT2D eigenvalue weighted by molar-refractivity contribution is 6.05. The zero-order valence-corrected chi connectivity index (χ0v) is 14.7. The first kappa shape index (κ1) is 18.2. The third-order valence-electron chi connectivity index (χ3n) is 5.05. The minimum Gasteiger partial charge on any atom is -0.351 e. The summed E-state index contributed by atoms with van der Waals surface area (Å²) in [5.74, 6) is -0.0277. The Morgan fingerprint density at radius 2 is 1.65 bits per heavy atom. The zero-order chi connectivity index (χ0) is 18.9. The second-order valence-electron chi connectivity index (χ2n) is 6.84. The summed E-state index contributed by atoms with van der Waals surface area (Å²) in [7, 11) is 1.88. The maximum absolute atomic E-state index is 13.0. The number of alkyl halides is 3. The third kappa shape index (κ3) is 3.39. The van der Waals surface area contributed by atoms with Crippen LogP contribution in [-0.4, -0.2) is 12.8 Å². The van der Waals surface area contributed by atoms with Crippen LogP contribution in [0.15, 0.2) is 66.4 Å². The number of ketones is 1. The molecule has 1 atom stereocenters. The van der Waals surface area contributed by atoms with E-state index in [9.17, 15) is 18.0 Å². The number of halogens is 3. The van der Waals surface area contributed by atoms with Gasteiger partial charge in [0.15, 0.2) is 5.78 Å². The van der Waals surface area contributed by atoms with Crippen molar-refractivity contribution in [3.8, 4) is 0 Å². The fourth-order valence-corrected chi connectivity index (χ4v) is 3.36. The maximum atomic E-state index is 13.0. The lowest BCUT2D eigenvalue weighted by Gasteiger charge is -2.23. The molecule has 0 amide bonds. The van der Waals surface area contributed by atoms with Crippen LogP contribution in [-0.2, 0) is 16.4 Å². The summed E-state index contributed by atoms with van der Waals surface area (Å²) < 4.78 is 38.3. The van der Waals surface area contributed by atoms with Gasteiger partial charge in [-0.05, 0) is 49.6 Å². The van der Waals surface area contributed by atoms with Gasteiger partial charge in [0.05, 0.1) is 11.0 Å². The second-order valence-corrected chi connectivity index (χ2v) is 6.84. The minimum atomic E-state index is -4.37. The van der Waals surface area contributed by atoms with Crippen LogP contribution >= 0.6 is 0 Å². The largest absolute Gasteiger partial charge is 0.416 e. The molecule has 136 valence electrons. The van der Waals surface area contributed by atoms with Gasteiger partial charge in [0.2, 0.25) is 0 Å². The van der Waals surface area contributed by atoms with Crippen LogP contribution in [0.3, 0.4) is 0 Å². The smallest absolute Gasteiger partial charge is 0.351 e. The minimum absolute atomic E-state index is 0.0277. The van der Waals surface area contributed by atoms with Gasteiger partial charge < -0.3 is 4.90 Å². The van der Waals surface area contributed by atoms with E-state index in [0.717, 1.165) is 17.8 Å². The third-order valence-corrected chi connectivity index (χ3v) is 5.05. The van der Waals surface area contributed by atoms with Crippen molar-refractivity contribution in [3.05, 3.63) is 77.5 Å². The molecule has 2 aromatic carbocycles. The number of hydrogen-bond donors (Lipinski definition) is 0. The number of anilines is 1. The number of nitrogens with zero attached hydrogens (tertiary/aromatic N) is 1. The number of rotatable bonds is 3. The van der Waals surface area contributed by atoms with Gasteiger partial charge in [-0.15, -0.1) is 0 Å². The molecule has 0 unspecified atom stereocenters. The van der Waals surface area contributed by atoms with Crippen molar-refractivity contribution in [1.82, 2.24) is 0 Å². The van der Waals surface area contributed by atoms with Crippen LogP contribution in [0.5, 0.6) is 0 Å². The first-order valence-corrected chi connectivity index (χ1v) is 8.43. The van der Waals surface area contributed by atoms with Crippen LogP contribution in [0.25, 0.3) is 0 Å². The molecule has 26 heavy (non-hydrogen) atoms. The SMILES string of the molecule is CN(/C=C1/CC[C@@](C)(c2ccc(C(F)(F)F)cc2)C1=O)c1ccccc1. The molecule has 0 spiro atoms. The highest BCUT2D eigenvalue weighted by atomic mass is 19.4. The number of carbonyl (C=O) groups excluding carboxylic acids is 1. The monoisotopic (exact) mass is 359 g/mol. The molecule has 1 fully saturated rings. The zero-order valence-electron chi connectivity index (χ0n) is 14.7. The van der Waals surface area contributed by atoms with Gasteiger partial charge in [-0.25, -0.2) is 0 Å². The first-order valence-electron chi connectivity index (χ1n) is 8.43. The van der Waals surface area contributed by atoms with E-state index < -0.39 is 17.2 Å². The molecule has 2 aromatic rings. The van der Waals surface area contributed by atoms with Gasteiger partial charge in [0.1, 0.15) is 0 Å². The molecule has 1 aliphatic carbocycles. The maximum Gasteiger partial charge on any atom is 0.416 e. The molecule has 0 N–H and O–H groups in total. The van der Waals surface area contributed by atoms with Crippen LogP contribution < -0.4 is 4.90 Å². The number of allylic oxidation sites excluding steroid dienone is 1. The molecule has 0 aromatic heterocycles. The molecule has 3 rings (SSSR count). The molecule has 1 aliphatic rings. The molecule has 5 heteroatoms. The molecule has 0 radical (unpaired) electrons. The van der Waals surface area contributed by atoms with Gasteiger partial charge in [0.25, 0.3) is 0 Å². The van der Waals surface area contributed by atoms with Gasteiger partial charge in [-0.2, -0.15) is 13.2 Å². The predicted octanol–water partition coefficient (Wildman–Crippen LogP) is 5.35. The Labute approximate surface area is 150 Å². The summed E-state index contributed by atoms with van der Waals surface area (Å²) in [5, 5.41) is 0. The average molecular weight is 359 g/mol. The quantitative estimate of drug-likeness (QED) is 0.689. The summed E-state index contributed by atoms with van der Waals surface area (Å²) >= 11 is 0. The highest BCUT2D eigenvalue weighted by Gasteiger charge is 2.42. The summed E-state index contributed by atoms with van der Waals surface area (Å²) in [6.07, 6.45) is -1.35. The van der Waals surface area contributed by atoms with Crippen molar-refractivity contribution in [2.75, 3.05) is 11.9 Å². The van der Waals surface area contributed by atoms with Crippen molar-refractivity contribution in [1.29, 1.82) is 0 Å². The normalized spacial score (nSPS) is 22.0. The average Bonchev–Trinajstić information content (AvgIpc) is 2.91. The van der Waals surface area contributed by atoms with Crippen molar-refractivity contribution < 1.29 is 18.0 Å². The van der Waals surface area contributed by atoms with E-state index in [4.69, 9.17) is 0 Å². The highest BCUT2D eigenvalue weighted by Crippen LogP contribution is 2.41. The Balaban J connectivity index is 1.84. The lowest BCUT2D eigenvalue weighted by atomic mass is 9.79. The van der Waals surface area contributed by atoms with E-state index in [1.807, 2.05) is 48.5 Å². The van der Waals surface area contributed by atoms with Crippen molar-refractivity contribution >= 4 is 11.5 Å². The van der Waals surface area contributed by atoms with Crippen molar-refractivity contribution in [3.63, 3.8) is 0 Å². The summed E-state index contributed by atoms with van der Waals surface area (Å²) in [4.78, 5) is 14.9. The molecule has 0 heterocycles. The molecule has 0 bridgehead atoms. The molecule has 1 saturated carbocycles. The van der Waals surface area contributed by atoms with E-state index in [-0.39, 0.29) is 5.78 Å². The Morgan fingerprint density at radius 3 is 2.23 bits per heavy atom. The van der Waals surface area contributed by atoms with Crippen LogP contribution in [0.1, 0.15) is 30.9 Å². The van der Waals surface area contributed by atoms with Crippen LogP contribution in [0, 0.1) is 0 Å². The van der Waals surface area contributed by atoms with Gasteiger partial charge in [0, 0.05) is 24.5 Å². The van der Waals surface area contributed by atoms with Crippen LogP contribution in [0.4, 0.5) is 18.9 Å². The summed E-state index contributed by atoms with van der Waals surface area (Å²) in [6, 6.07) is 14.6. The Morgan fingerprint density at radius 1 is 1.04 bits per heavy atom. The molecule has 0 aliphatic heterocycles. The number of para-hydroxylation sites is 1. The van der Waals surface area contributed by atoms with Gasteiger partial charge >= 0.3 is 6.18 Å². The van der Waals surface area contributed by atoms with Crippen molar-refractivity contribution in [2.24, 2.45) is 0 Å². The predicted molar refractivity (Wildman–Crippen MR) is 96.0 cm³/mol. The van der Waals surface area contributed by atoms with Crippen LogP contribution in [0.2, 0.25) is 0 Å². The molecule has 2 nitrogen and oxygen atoms in total. The van der Waals surface area contributed by atoms with E-state index in [2.05, 4.69) is 0 Å². The standard InChI is InChI=1S/C21H20F3NO/c1-20(16-8-10-17(11-9-16)21(22,23)24)13-12-15(19(20)26)14-25(2)18-6-4-3-5-7-18/h3-11,14H,12-13H2,1-2H3/b15-14-/t20-/m0/s1. The van der Waals surface area contributed by atoms with Crippen molar-refractivity contribution in [2.45, 2.75) is 31.4 Å². The molecular weight excluding hydrogens is 339 g/mol. The topological polar surface area (TPSA) is 20.3 Å².